The predicted molar refractivity (Wildman–Crippen MR) is 95.3 cm³/mol. The van der Waals surface area contributed by atoms with Gasteiger partial charge >= 0.3 is 0 Å². The highest BCUT2D eigenvalue weighted by Crippen LogP contribution is 2.49. The molecule has 1 amide bonds. The van der Waals surface area contributed by atoms with Gasteiger partial charge in [-0.15, -0.1) is 0 Å². The number of rotatable bonds is 4. The molecule has 0 spiro atoms. The van der Waals surface area contributed by atoms with Crippen molar-refractivity contribution in [2.45, 2.75) is 37.0 Å². The van der Waals surface area contributed by atoms with Gasteiger partial charge in [-0.2, -0.15) is 4.31 Å². The summed E-state index contributed by atoms with van der Waals surface area (Å²) in [6.07, 6.45) is 5.70. The van der Waals surface area contributed by atoms with Crippen LogP contribution in [-0.4, -0.2) is 49.7 Å². The first kappa shape index (κ1) is 17.9. The van der Waals surface area contributed by atoms with Gasteiger partial charge in [0.2, 0.25) is 15.9 Å². The molecule has 4 rings (SSSR count). The van der Waals surface area contributed by atoms with E-state index >= 15 is 0 Å². The van der Waals surface area contributed by atoms with Crippen LogP contribution in [0.5, 0.6) is 0 Å². The fourth-order valence-corrected chi connectivity index (χ4v) is 6.34. The molecule has 2 bridgehead atoms. The predicted octanol–water partition coefficient (Wildman–Crippen LogP) is 2.48. The number of halogens is 1. The van der Waals surface area contributed by atoms with Crippen molar-refractivity contribution in [3.63, 3.8) is 0 Å². The average molecular weight is 380 g/mol. The van der Waals surface area contributed by atoms with Crippen molar-refractivity contribution in [2.24, 2.45) is 17.8 Å². The number of benzene rings is 1. The number of carbonyl (C=O) groups is 1. The normalized spacial score (nSPS) is 29.3. The Morgan fingerprint density at radius 1 is 1.04 bits per heavy atom. The second-order valence-corrected chi connectivity index (χ2v) is 9.82. The molecule has 5 nitrogen and oxygen atoms in total. The summed E-state index contributed by atoms with van der Waals surface area (Å²) in [6.45, 7) is 1.45. The lowest BCUT2D eigenvalue weighted by Crippen LogP contribution is -2.50. The van der Waals surface area contributed by atoms with Gasteiger partial charge in [0.1, 0.15) is 5.82 Å². The van der Waals surface area contributed by atoms with Crippen molar-refractivity contribution < 1.29 is 17.6 Å². The fourth-order valence-electron chi connectivity index (χ4n) is 4.91. The second kappa shape index (κ2) is 6.93. The van der Waals surface area contributed by atoms with Crippen LogP contribution in [0.15, 0.2) is 29.2 Å². The van der Waals surface area contributed by atoms with Crippen molar-refractivity contribution in [2.75, 3.05) is 26.2 Å². The van der Waals surface area contributed by atoms with Gasteiger partial charge < -0.3 is 4.90 Å². The summed E-state index contributed by atoms with van der Waals surface area (Å²) in [5.74, 6) is 1.79. The van der Waals surface area contributed by atoms with Crippen molar-refractivity contribution in [1.29, 1.82) is 0 Å². The van der Waals surface area contributed by atoms with Crippen LogP contribution in [-0.2, 0) is 14.8 Å². The first-order valence-electron chi connectivity index (χ1n) is 9.47. The lowest BCUT2D eigenvalue weighted by atomic mass is 9.86. The highest BCUT2D eigenvalue weighted by Gasteiger charge is 2.41. The third-order valence-corrected chi connectivity index (χ3v) is 8.28. The summed E-state index contributed by atoms with van der Waals surface area (Å²) < 4.78 is 39.7. The van der Waals surface area contributed by atoms with Crippen LogP contribution in [0, 0.1) is 23.6 Å². The molecule has 1 aromatic carbocycles. The van der Waals surface area contributed by atoms with E-state index in [0.717, 1.165) is 24.0 Å². The summed E-state index contributed by atoms with van der Waals surface area (Å²) >= 11 is 0. The van der Waals surface area contributed by atoms with Gasteiger partial charge in [-0.1, -0.05) is 6.42 Å². The maximum Gasteiger partial charge on any atom is 0.243 e. The molecule has 1 aliphatic heterocycles. The first-order chi connectivity index (χ1) is 12.4. The summed E-state index contributed by atoms with van der Waals surface area (Å²) in [4.78, 5) is 14.5. The molecule has 0 N–H and O–H groups in total. The SMILES string of the molecule is O=C(C[C@@H]1C[C@@H]2CC[C@@H]1C2)N1CCN(S(=O)(=O)c2ccc(F)cc2)CC1. The molecule has 7 heteroatoms. The number of sulfonamides is 1. The highest BCUT2D eigenvalue weighted by atomic mass is 32.2. The molecule has 1 aromatic rings. The Hall–Kier alpha value is -1.47. The number of piperazine rings is 1. The molecular formula is C19H25FN2O3S. The lowest BCUT2D eigenvalue weighted by Gasteiger charge is -2.35. The fraction of sp³-hybridized carbons (Fsp3) is 0.632. The van der Waals surface area contributed by atoms with Crippen LogP contribution >= 0.6 is 0 Å². The Bertz CT molecular complexity index is 772. The lowest BCUT2D eigenvalue weighted by molar-refractivity contribution is -0.133. The third kappa shape index (κ3) is 3.39. The Labute approximate surface area is 154 Å². The Kier molecular flexibility index (Phi) is 4.77. The number of amides is 1. The molecule has 1 heterocycles. The molecule has 3 fully saturated rings. The molecule has 2 aliphatic carbocycles. The van der Waals surface area contributed by atoms with Gasteiger partial charge in [0.15, 0.2) is 0 Å². The van der Waals surface area contributed by atoms with E-state index in [1.807, 2.05) is 4.90 Å². The van der Waals surface area contributed by atoms with Crippen LogP contribution in [0.3, 0.4) is 0 Å². The first-order valence-corrected chi connectivity index (χ1v) is 10.9. The summed E-state index contributed by atoms with van der Waals surface area (Å²) in [5, 5.41) is 0. The number of hydrogen-bond donors (Lipinski definition) is 0. The monoisotopic (exact) mass is 380 g/mol. The average Bonchev–Trinajstić information content (AvgIpc) is 3.25. The number of nitrogens with zero attached hydrogens (tertiary/aromatic N) is 2. The van der Waals surface area contributed by atoms with Gasteiger partial charge in [0.05, 0.1) is 4.90 Å². The van der Waals surface area contributed by atoms with E-state index in [1.54, 1.807) is 0 Å². The minimum Gasteiger partial charge on any atom is -0.340 e. The van der Waals surface area contributed by atoms with Gasteiger partial charge in [-0.3, -0.25) is 4.79 Å². The Balaban J connectivity index is 1.33. The molecule has 1 saturated heterocycles. The maximum absolute atomic E-state index is 13.0. The zero-order valence-corrected chi connectivity index (χ0v) is 15.6. The zero-order chi connectivity index (χ0) is 18.3. The number of fused-ring (bicyclic) bond motifs is 2. The third-order valence-electron chi connectivity index (χ3n) is 6.36. The van der Waals surface area contributed by atoms with Gasteiger partial charge in [0.25, 0.3) is 0 Å². The van der Waals surface area contributed by atoms with E-state index < -0.39 is 15.8 Å². The maximum atomic E-state index is 13.0. The van der Waals surface area contributed by atoms with Crippen molar-refractivity contribution >= 4 is 15.9 Å². The van der Waals surface area contributed by atoms with Crippen molar-refractivity contribution in [3.8, 4) is 0 Å². The zero-order valence-electron chi connectivity index (χ0n) is 14.8. The van der Waals surface area contributed by atoms with Gasteiger partial charge in [0, 0.05) is 32.6 Å². The van der Waals surface area contributed by atoms with Crippen LogP contribution in [0.2, 0.25) is 0 Å². The van der Waals surface area contributed by atoms with Crippen LogP contribution in [0.25, 0.3) is 0 Å². The molecule has 0 unspecified atom stereocenters. The second-order valence-electron chi connectivity index (χ2n) is 7.88. The Morgan fingerprint density at radius 3 is 2.31 bits per heavy atom. The van der Waals surface area contributed by atoms with E-state index in [-0.39, 0.29) is 10.8 Å². The minimum atomic E-state index is -3.63. The number of hydrogen-bond acceptors (Lipinski definition) is 3. The van der Waals surface area contributed by atoms with Crippen molar-refractivity contribution in [3.05, 3.63) is 30.1 Å². The van der Waals surface area contributed by atoms with E-state index in [1.165, 1.54) is 42.1 Å². The van der Waals surface area contributed by atoms with Crippen LogP contribution in [0.4, 0.5) is 4.39 Å². The van der Waals surface area contributed by atoms with E-state index in [0.29, 0.717) is 38.5 Å². The van der Waals surface area contributed by atoms with E-state index in [2.05, 4.69) is 0 Å². The molecule has 26 heavy (non-hydrogen) atoms. The van der Waals surface area contributed by atoms with Gasteiger partial charge in [-0.25, -0.2) is 12.8 Å². The minimum absolute atomic E-state index is 0.0978. The standard InChI is InChI=1S/C19H25FN2O3S/c20-17-3-5-18(6-4-17)26(24,25)22-9-7-21(8-10-22)19(23)13-16-12-14-1-2-15(16)11-14/h3-6,14-16H,1-2,7-13H2/t14-,15-,16+/m1/s1. The topological polar surface area (TPSA) is 57.7 Å². The molecule has 0 aromatic heterocycles. The van der Waals surface area contributed by atoms with Crippen LogP contribution < -0.4 is 0 Å². The molecule has 142 valence electrons. The quantitative estimate of drug-likeness (QED) is 0.806. The summed E-state index contributed by atoms with van der Waals surface area (Å²) in [7, 11) is -3.63. The molecule has 3 aliphatic rings. The molecule has 2 saturated carbocycles. The van der Waals surface area contributed by atoms with E-state index in [4.69, 9.17) is 0 Å². The van der Waals surface area contributed by atoms with Crippen molar-refractivity contribution in [1.82, 2.24) is 9.21 Å². The smallest absolute Gasteiger partial charge is 0.243 e. The summed E-state index contributed by atoms with van der Waals surface area (Å²) in [5.41, 5.74) is 0. The van der Waals surface area contributed by atoms with E-state index in [9.17, 15) is 17.6 Å². The Morgan fingerprint density at radius 2 is 1.73 bits per heavy atom. The molecular weight excluding hydrogens is 355 g/mol. The molecule has 3 atom stereocenters. The molecule has 0 radical (unpaired) electrons. The van der Waals surface area contributed by atoms with Gasteiger partial charge in [-0.05, 0) is 61.3 Å². The highest BCUT2D eigenvalue weighted by molar-refractivity contribution is 7.89. The largest absolute Gasteiger partial charge is 0.340 e. The summed E-state index contributed by atoms with van der Waals surface area (Å²) in [6, 6.07) is 4.89. The van der Waals surface area contributed by atoms with Crippen LogP contribution in [0.1, 0.15) is 32.1 Å². The number of carbonyl (C=O) groups excluding carboxylic acids is 1.